The van der Waals surface area contributed by atoms with Crippen molar-refractivity contribution < 1.29 is 24.2 Å². The summed E-state index contributed by atoms with van der Waals surface area (Å²) in [4.78, 5) is 23.9. The Labute approximate surface area is 142 Å². The Bertz CT molecular complexity index is 591. The van der Waals surface area contributed by atoms with Gasteiger partial charge in [0.2, 0.25) is 5.91 Å². The molecular weight excluding hydrogens is 310 g/mol. The average molecular weight is 335 g/mol. The van der Waals surface area contributed by atoms with Gasteiger partial charge in [-0.25, -0.2) is 4.79 Å². The summed E-state index contributed by atoms with van der Waals surface area (Å²) in [5.74, 6) is -0.598. The van der Waals surface area contributed by atoms with Gasteiger partial charge in [-0.15, -0.1) is 0 Å². The zero-order chi connectivity index (χ0) is 17.5. The number of hydrogen-bond acceptors (Lipinski definition) is 4. The van der Waals surface area contributed by atoms with Crippen LogP contribution >= 0.6 is 0 Å². The van der Waals surface area contributed by atoms with E-state index in [4.69, 9.17) is 9.47 Å². The molecule has 0 spiro atoms. The van der Waals surface area contributed by atoms with Crippen molar-refractivity contribution in [3.8, 4) is 11.5 Å². The maximum atomic E-state index is 12.6. The molecule has 2 rings (SSSR count). The molecule has 1 aromatic rings. The van der Waals surface area contributed by atoms with Crippen LogP contribution in [0.3, 0.4) is 0 Å². The van der Waals surface area contributed by atoms with Gasteiger partial charge in [0.25, 0.3) is 0 Å². The van der Waals surface area contributed by atoms with E-state index >= 15 is 0 Å². The van der Waals surface area contributed by atoms with E-state index in [1.54, 1.807) is 0 Å². The highest BCUT2D eigenvalue weighted by Gasteiger charge is 2.23. The van der Waals surface area contributed by atoms with Crippen LogP contribution in [0.1, 0.15) is 55.3 Å². The first-order chi connectivity index (χ1) is 11.6. The second-order valence-corrected chi connectivity index (χ2v) is 6.10. The topological polar surface area (TPSA) is 84.9 Å². The van der Waals surface area contributed by atoms with Crippen LogP contribution in [0, 0.1) is 5.92 Å². The first-order valence-electron chi connectivity index (χ1n) is 8.37. The Balaban J connectivity index is 2.24. The van der Waals surface area contributed by atoms with E-state index in [-0.39, 0.29) is 23.1 Å². The largest absolute Gasteiger partial charge is 0.493 e. The summed E-state index contributed by atoms with van der Waals surface area (Å²) in [6.07, 6.45) is 7.39. The van der Waals surface area contributed by atoms with Gasteiger partial charge in [-0.05, 0) is 25.0 Å². The fourth-order valence-corrected chi connectivity index (χ4v) is 3.13. The van der Waals surface area contributed by atoms with Crippen LogP contribution in [0.25, 0.3) is 0 Å². The molecule has 0 atom stereocenters. The molecule has 0 aliphatic heterocycles. The van der Waals surface area contributed by atoms with Gasteiger partial charge in [0.15, 0.2) is 11.5 Å². The summed E-state index contributed by atoms with van der Waals surface area (Å²) in [7, 11) is 2.90. The van der Waals surface area contributed by atoms with Crippen molar-refractivity contribution in [2.45, 2.75) is 44.9 Å². The molecule has 1 fully saturated rings. The van der Waals surface area contributed by atoms with Gasteiger partial charge >= 0.3 is 5.97 Å². The SMILES string of the molecule is COc1cc(C(=O)O)cc(NC(=O)C2CCCCCCC2)c1OC. The van der Waals surface area contributed by atoms with E-state index < -0.39 is 5.97 Å². The third-order valence-corrected chi connectivity index (χ3v) is 4.46. The van der Waals surface area contributed by atoms with Crippen LogP contribution in [0.2, 0.25) is 0 Å². The lowest BCUT2D eigenvalue weighted by atomic mass is 9.90. The van der Waals surface area contributed by atoms with Gasteiger partial charge in [-0.1, -0.05) is 32.1 Å². The molecule has 0 bridgehead atoms. The molecule has 2 N–H and O–H groups in total. The Kier molecular flexibility index (Phi) is 6.46. The molecule has 1 saturated carbocycles. The zero-order valence-corrected chi connectivity index (χ0v) is 14.3. The normalized spacial score (nSPS) is 15.9. The number of hydrogen-bond donors (Lipinski definition) is 2. The fourth-order valence-electron chi connectivity index (χ4n) is 3.13. The van der Waals surface area contributed by atoms with Crippen LogP contribution in [-0.2, 0) is 4.79 Å². The Morgan fingerprint density at radius 1 is 1.04 bits per heavy atom. The highest BCUT2D eigenvalue weighted by atomic mass is 16.5. The van der Waals surface area contributed by atoms with Crippen LogP contribution in [0.5, 0.6) is 11.5 Å². The monoisotopic (exact) mass is 335 g/mol. The number of amides is 1. The molecule has 0 heterocycles. The van der Waals surface area contributed by atoms with Gasteiger partial charge in [-0.3, -0.25) is 4.79 Å². The standard InChI is InChI=1S/C18H25NO5/c1-23-15-11-13(18(21)22)10-14(16(15)24-2)19-17(20)12-8-6-4-3-5-7-9-12/h10-12H,3-9H2,1-2H3,(H,19,20)(H,21,22). The molecule has 24 heavy (non-hydrogen) atoms. The van der Waals surface area contributed by atoms with Crippen molar-refractivity contribution >= 4 is 17.6 Å². The minimum Gasteiger partial charge on any atom is -0.493 e. The van der Waals surface area contributed by atoms with E-state index in [0.717, 1.165) is 38.5 Å². The summed E-state index contributed by atoms with van der Waals surface area (Å²) in [5, 5.41) is 12.1. The molecule has 0 aromatic heterocycles. The minimum absolute atomic E-state index is 0.0422. The van der Waals surface area contributed by atoms with Crippen LogP contribution in [-0.4, -0.2) is 31.2 Å². The molecule has 1 aromatic carbocycles. The molecule has 6 nitrogen and oxygen atoms in total. The number of rotatable bonds is 5. The van der Waals surface area contributed by atoms with Crippen LogP contribution in [0.4, 0.5) is 5.69 Å². The number of carboxylic acids is 1. The molecule has 6 heteroatoms. The molecule has 1 aliphatic rings. The first kappa shape index (κ1) is 18.1. The van der Waals surface area contributed by atoms with Gasteiger partial charge in [-0.2, -0.15) is 0 Å². The van der Waals surface area contributed by atoms with Crippen molar-refractivity contribution in [3.05, 3.63) is 17.7 Å². The molecular formula is C18H25NO5. The van der Waals surface area contributed by atoms with Gasteiger partial charge < -0.3 is 19.9 Å². The van der Waals surface area contributed by atoms with E-state index in [1.807, 2.05) is 0 Å². The van der Waals surface area contributed by atoms with Gasteiger partial charge in [0.1, 0.15) is 0 Å². The Morgan fingerprint density at radius 2 is 1.67 bits per heavy atom. The predicted molar refractivity (Wildman–Crippen MR) is 90.9 cm³/mol. The molecule has 1 amide bonds. The number of ether oxygens (including phenoxy) is 2. The third kappa shape index (κ3) is 4.40. The Hall–Kier alpha value is -2.24. The lowest BCUT2D eigenvalue weighted by Gasteiger charge is -2.20. The van der Waals surface area contributed by atoms with E-state index in [1.165, 1.54) is 32.8 Å². The number of nitrogens with one attached hydrogen (secondary N) is 1. The summed E-state index contributed by atoms with van der Waals surface area (Å²) in [6, 6.07) is 2.79. The quantitative estimate of drug-likeness (QED) is 0.857. The van der Waals surface area contributed by atoms with Crippen molar-refractivity contribution in [1.29, 1.82) is 0 Å². The number of carbonyl (C=O) groups is 2. The smallest absolute Gasteiger partial charge is 0.335 e. The van der Waals surface area contributed by atoms with Crippen molar-refractivity contribution in [1.82, 2.24) is 0 Å². The zero-order valence-electron chi connectivity index (χ0n) is 14.3. The highest BCUT2D eigenvalue weighted by Crippen LogP contribution is 2.37. The lowest BCUT2D eigenvalue weighted by Crippen LogP contribution is -2.24. The Morgan fingerprint density at radius 3 is 2.21 bits per heavy atom. The second-order valence-electron chi connectivity index (χ2n) is 6.10. The van der Waals surface area contributed by atoms with E-state index in [2.05, 4.69) is 5.32 Å². The van der Waals surface area contributed by atoms with Crippen molar-refractivity contribution in [3.63, 3.8) is 0 Å². The van der Waals surface area contributed by atoms with Gasteiger partial charge in [0, 0.05) is 5.92 Å². The molecule has 1 aliphatic carbocycles. The first-order valence-corrected chi connectivity index (χ1v) is 8.37. The molecule has 132 valence electrons. The summed E-state index contributed by atoms with van der Waals surface area (Å²) in [5.41, 5.74) is 0.377. The predicted octanol–water partition coefficient (Wildman–Crippen LogP) is 3.70. The maximum Gasteiger partial charge on any atom is 0.335 e. The summed E-state index contributed by atoms with van der Waals surface area (Å²) >= 11 is 0. The average Bonchev–Trinajstić information content (AvgIpc) is 2.53. The third-order valence-electron chi connectivity index (χ3n) is 4.46. The number of methoxy groups -OCH3 is 2. The second kappa shape index (κ2) is 8.57. The molecule has 0 radical (unpaired) electrons. The number of benzene rings is 1. The van der Waals surface area contributed by atoms with Crippen LogP contribution in [0.15, 0.2) is 12.1 Å². The highest BCUT2D eigenvalue weighted by molar-refractivity contribution is 5.97. The summed E-state index contributed by atoms with van der Waals surface area (Å²) in [6.45, 7) is 0. The van der Waals surface area contributed by atoms with Crippen molar-refractivity contribution in [2.75, 3.05) is 19.5 Å². The van der Waals surface area contributed by atoms with E-state index in [9.17, 15) is 14.7 Å². The number of carboxylic acid groups (broad SMARTS) is 1. The molecule has 0 unspecified atom stereocenters. The minimum atomic E-state index is -1.09. The maximum absolute atomic E-state index is 12.6. The van der Waals surface area contributed by atoms with E-state index in [0.29, 0.717) is 11.4 Å². The number of carbonyl (C=O) groups excluding carboxylic acids is 1. The number of aromatic carboxylic acids is 1. The fraction of sp³-hybridized carbons (Fsp3) is 0.556. The molecule has 0 saturated heterocycles. The summed E-state index contributed by atoms with van der Waals surface area (Å²) < 4.78 is 10.5. The lowest BCUT2D eigenvalue weighted by molar-refractivity contribution is -0.120. The number of anilines is 1. The van der Waals surface area contributed by atoms with Crippen molar-refractivity contribution in [2.24, 2.45) is 5.92 Å². The van der Waals surface area contributed by atoms with Gasteiger partial charge in [0.05, 0.1) is 25.5 Å². The van der Waals surface area contributed by atoms with Crippen LogP contribution < -0.4 is 14.8 Å².